The summed E-state index contributed by atoms with van der Waals surface area (Å²) in [5.74, 6) is 0. The summed E-state index contributed by atoms with van der Waals surface area (Å²) in [6.45, 7) is 8.33. The van der Waals surface area contributed by atoms with Crippen LogP contribution >= 0.6 is 7.94 Å². The largest absolute Gasteiger partial charge is 0.474 e. The van der Waals surface area contributed by atoms with Crippen molar-refractivity contribution in [2.24, 2.45) is 0 Å². The lowest BCUT2D eigenvalue weighted by molar-refractivity contribution is 0.245. The van der Waals surface area contributed by atoms with Gasteiger partial charge >= 0.3 is 7.94 Å². The van der Waals surface area contributed by atoms with Crippen molar-refractivity contribution in [2.75, 3.05) is 13.3 Å². The molecular formula is C8H14O4P+. The van der Waals surface area contributed by atoms with Gasteiger partial charge in [0.05, 0.1) is 12.5 Å². The molecule has 0 saturated carbocycles. The molecule has 0 aliphatic heterocycles. The second-order valence-corrected chi connectivity index (χ2v) is 4.12. The summed E-state index contributed by atoms with van der Waals surface area (Å²) < 4.78 is 14.4. The predicted octanol–water partition coefficient (Wildman–Crippen LogP) is 2.22. The molecule has 0 aromatic heterocycles. The summed E-state index contributed by atoms with van der Waals surface area (Å²) >= 11 is 0. The molecule has 0 radical (unpaired) electrons. The zero-order chi connectivity index (χ0) is 10.2. The molecule has 0 amide bonds. The van der Waals surface area contributed by atoms with E-state index in [0.717, 1.165) is 6.26 Å². The Bertz CT molecular complexity index is 189. The summed E-state index contributed by atoms with van der Waals surface area (Å²) in [6.07, 6.45) is 5.42. The van der Waals surface area contributed by atoms with Gasteiger partial charge in [-0.15, -0.1) is 0 Å². The van der Waals surface area contributed by atoms with Crippen LogP contribution in [-0.4, -0.2) is 18.2 Å². The molecule has 13 heavy (non-hydrogen) atoms. The Hall–Kier alpha value is -0.830. The van der Waals surface area contributed by atoms with E-state index in [1.807, 2.05) is 0 Å². The number of hydrogen-bond acceptors (Lipinski definition) is 4. The van der Waals surface area contributed by atoms with E-state index in [9.17, 15) is 4.89 Å². The Balaban J connectivity index is 3.61. The normalized spacial score (nSPS) is 14.9. The third kappa shape index (κ3) is 7.53. The van der Waals surface area contributed by atoms with Gasteiger partial charge in [-0.05, 0) is 6.08 Å². The van der Waals surface area contributed by atoms with Gasteiger partial charge in [-0.3, -0.25) is 4.52 Å². The third-order valence-corrected chi connectivity index (χ3v) is 2.12. The van der Waals surface area contributed by atoms with Crippen LogP contribution in [0.5, 0.6) is 0 Å². The van der Waals surface area contributed by atoms with Crippen LogP contribution in [0.25, 0.3) is 0 Å². The summed E-state index contributed by atoms with van der Waals surface area (Å²) in [7, 11) is -2.74. The van der Waals surface area contributed by atoms with E-state index in [0.29, 0.717) is 0 Å². The van der Waals surface area contributed by atoms with Gasteiger partial charge in [0.1, 0.15) is 19.5 Å². The molecular weight excluding hydrogens is 191 g/mol. The van der Waals surface area contributed by atoms with Crippen LogP contribution in [0, 0.1) is 0 Å². The first-order chi connectivity index (χ1) is 6.12. The van der Waals surface area contributed by atoms with Crippen molar-refractivity contribution in [3.05, 3.63) is 38.0 Å². The molecule has 0 rings (SSSR count). The summed E-state index contributed by atoms with van der Waals surface area (Å²) in [5.41, 5.74) is 0. The van der Waals surface area contributed by atoms with E-state index in [2.05, 4.69) is 17.9 Å². The summed E-state index contributed by atoms with van der Waals surface area (Å²) in [6, 6.07) is 0. The van der Waals surface area contributed by atoms with E-state index in [1.54, 1.807) is 6.08 Å². The molecule has 0 aromatic rings. The number of rotatable bonds is 7. The maximum Gasteiger partial charge on any atom is 0.450 e. The smallest absolute Gasteiger partial charge is 0.450 e. The zero-order valence-corrected chi connectivity index (χ0v) is 8.44. The lowest BCUT2D eigenvalue weighted by Crippen LogP contribution is -1.97. The molecule has 4 nitrogen and oxygen atoms in total. The fourth-order valence-electron chi connectivity index (χ4n) is 0.500. The van der Waals surface area contributed by atoms with Crippen molar-refractivity contribution >= 4 is 7.94 Å². The molecule has 74 valence electrons. The second-order valence-electron chi connectivity index (χ2n) is 2.05. The lowest BCUT2D eigenvalue weighted by Gasteiger charge is -2.08. The van der Waals surface area contributed by atoms with Gasteiger partial charge in [0, 0.05) is 0 Å². The molecule has 0 heterocycles. The van der Waals surface area contributed by atoms with Crippen LogP contribution in [0.1, 0.15) is 0 Å². The van der Waals surface area contributed by atoms with Crippen LogP contribution in [-0.2, 0) is 13.8 Å². The van der Waals surface area contributed by atoms with E-state index in [-0.39, 0.29) is 6.61 Å². The van der Waals surface area contributed by atoms with Crippen molar-refractivity contribution in [3.63, 3.8) is 0 Å². The van der Waals surface area contributed by atoms with Gasteiger partial charge in [-0.1, -0.05) is 13.2 Å². The minimum absolute atomic E-state index is 0.211. The highest BCUT2D eigenvalue weighted by Gasteiger charge is 2.32. The van der Waals surface area contributed by atoms with Crippen molar-refractivity contribution < 1.29 is 18.7 Å². The molecule has 1 N–H and O–H groups in total. The molecule has 0 spiro atoms. The summed E-state index contributed by atoms with van der Waals surface area (Å²) in [5, 5.41) is 0. The average Bonchev–Trinajstić information content (AvgIpc) is 2.04. The highest BCUT2D eigenvalue weighted by molar-refractivity contribution is 7.59. The Morgan fingerprint density at radius 2 is 2.08 bits per heavy atom. The topological polar surface area (TPSA) is 47.9 Å². The van der Waals surface area contributed by atoms with Gasteiger partial charge in [-0.2, -0.15) is 9.42 Å². The number of hydrogen-bond donors (Lipinski definition) is 1. The van der Waals surface area contributed by atoms with Gasteiger partial charge in [0.25, 0.3) is 0 Å². The Morgan fingerprint density at radius 1 is 1.38 bits per heavy atom. The third-order valence-electron chi connectivity index (χ3n) is 0.951. The molecule has 0 aromatic carbocycles. The zero-order valence-electron chi connectivity index (χ0n) is 7.55. The van der Waals surface area contributed by atoms with Crippen molar-refractivity contribution in [3.8, 4) is 0 Å². The first-order valence-corrected chi connectivity index (χ1v) is 5.59. The molecule has 0 saturated heterocycles. The predicted molar refractivity (Wildman–Crippen MR) is 52.7 cm³/mol. The monoisotopic (exact) mass is 205 g/mol. The van der Waals surface area contributed by atoms with Gasteiger partial charge in [0.2, 0.25) is 0 Å². The Kier molecular flexibility index (Phi) is 6.24. The van der Waals surface area contributed by atoms with Gasteiger partial charge < -0.3 is 4.74 Å². The van der Waals surface area contributed by atoms with E-state index in [1.165, 1.54) is 19.2 Å². The quantitative estimate of drug-likeness (QED) is 0.511. The fraction of sp³-hybridized carbons (Fsp3) is 0.250. The summed E-state index contributed by atoms with van der Waals surface area (Å²) in [4.78, 5) is 9.37. The van der Waals surface area contributed by atoms with Crippen molar-refractivity contribution in [1.82, 2.24) is 0 Å². The minimum atomic E-state index is -2.74. The van der Waals surface area contributed by atoms with Crippen molar-refractivity contribution in [2.45, 2.75) is 0 Å². The van der Waals surface area contributed by atoms with Crippen LogP contribution in [0.3, 0.4) is 0 Å². The number of ether oxygens (including phenoxy) is 1. The average molecular weight is 205 g/mol. The molecule has 0 aliphatic carbocycles. The highest BCUT2D eigenvalue weighted by Crippen LogP contribution is 2.52. The SMILES string of the molecule is C=CO/C=C/CO[P+](C)(O)OC=C. The fourth-order valence-corrected chi connectivity index (χ4v) is 1.20. The maximum absolute atomic E-state index is 9.37. The van der Waals surface area contributed by atoms with E-state index < -0.39 is 7.94 Å². The van der Waals surface area contributed by atoms with E-state index >= 15 is 0 Å². The van der Waals surface area contributed by atoms with Crippen LogP contribution < -0.4 is 0 Å². The van der Waals surface area contributed by atoms with Crippen LogP contribution in [0.15, 0.2) is 38.0 Å². The minimum Gasteiger partial charge on any atom is -0.474 e. The first kappa shape index (κ1) is 12.2. The Labute approximate surface area is 78.7 Å². The Morgan fingerprint density at radius 3 is 2.62 bits per heavy atom. The molecule has 1 atom stereocenters. The van der Waals surface area contributed by atoms with Crippen LogP contribution in [0.4, 0.5) is 0 Å². The van der Waals surface area contributed by atoms with Crippen LogP contribution in [0.2, 0.25) is 0 Å². The highest BCUT2D eigenvalue weighted by atomic mass is 31.2. The molecule has 5 heteroatoms. The second kappa shape index (κ2) is 6.66. The standard InChI is InChI=1S/C8H14O4P/c1-4-10-7-6-8-12-13(3,9)11-5-2/h4-7,9H,1-2,8H2,3H3/q+1/b7-6+. The first-order valence-electron chi connectivity index (χ1n) is 3.57. The lowest BCUT2D eigenvalue weighted by atomic mass is 10.7. The maximum atomic E-state index is 9.37. The molecule has 0 aliphatic rings. The molecule has 0 fully saturated rings. The molecule has 0 bridgehead atoms. The van der Waals surface area contributed by atoms with Gasteiger partial charge in [-0.25, -0.2) is 0 Å². The van der Waals surface area contributed by atoms with Crippen molar-refractivity contribution in [1.29, 1.82) is 0 Å². The van der Waals surface area contributed by atoms with Gasteiger partial charge in [0.15, 0.2) is 0 Å². The van der Waals surface area contributed by atoms with E-state index in [4.69, 9.17) is 9.05 Å². The molecule has 1 unspecified atom stereocenters.